The standard InChI is InChI=1S/C19H17N3O7/c1-19(12-3-2-4-13(8-12)22(26)27)17(24)21(18(25)20-19)9-14(23)11-5-6-15-16(7-11)29-10-28-15/h2-8,14,23H,9-10H2,1H3,(H,20,25). The molecular weight excluding hydrogens is 382 g/mol. The van der Waals surface area contributed by atoms with Gasteiger partial charge in [-0.2, -0.15) is 0 Å². The smallest absolute Gasteiger partial charge is 0.325 e. The first kappa shape index (κ1) is 18.7. The molecule has 10 nitrogen and oxygen atoms in total. The van der Waals surface area contributed by atoms with E-state index in [9.17, 15) is 24.8 Å². The molecular formula is C19H17N3O7. The number of fused-ring (bicyclic) bond motifs is 1. The molecule has 4 rings (SSSR count). The summed E-state index contributed by atoms with van der Waals surface area (Å²) in [7, 11) is 0. The van der Waals surface area contributed by atoms with Crippen LogP contribution in [0.25, 0.3) is 0 Å². The molecule has 0 aliphatic carbocycles. The molecule has 2 aliphatic heterocycles. The molecule has 0 spiro atoms. The number of rotatable bonds is 5. The lowest BCUT2D eigenvalue weighted by Crippen LogP contribution is -2.41. The highest BCUT2D eigenvalue weighted by atomic mass is 16.7. The number of imide groups is 1. The Morgan fingerprint density at radius 2 is 2.00 bits per heavy atom. The molecule has 150 valence electrons. The summed E-state index contributed by atoms with van der Waals surface area (Å²) < 4.78 is 10.5. The van der Waals surface area contributed by atoms with E-state index in [4.69, 9.17) is 9.47 Å². The van der Waals surface area contributed by atoms with E-state index in [0.717, 1.165) is 4.90 Å². The second-order valence-corrected chi connectivity index (χ2v) is 6.91. The summed E-state index contributed by atoms with van der Waals surface area (Å²) in [4.78, 5) is 36.8. The SMILES string of the molecule is CC1(c2cccc([N+](=O)[O-])c2)NC(=O)N(CC(O)c2ccc3c(c2)OCO3)C1=O. The summed E-state index contributed by atoms with van der Waals surface area (Å²) in [5.41, 5.74) is -0.925. The van der Waals surface area contributed by atoms with Gasteiger partial charge in [0.05, 0.1) is 17.6 Å². The summed E-state index contributed by atoms with van der Waals surface area (Å²) in [5, 5.41) is 24.2. The minimum atomic E-state index is -1.47. The zero-order valence-corrected chi connectivity index (χ0v) is 15.3. The lowest BCUT2D eigenvalue weighted by atomic mass is 9.91. The fourth-order valence-electron chi connectivity index (χ4n) is 3.39. The Balaban J connectivity index is 1.56. The normalized spacial score (nSPS) is 21.2. The molecule has 2 atom stereocenters. The van der Waals surface area contributed by atoms with E-state index >= 15 is 0 Å². The Morgan fingerprint density at radius 1 is 1.24 bits per heavy atom. The molecule has 1 saturated heterocycles. The van der Waals surface area contributed by atoms with Crippen molar-refractivity contribution in [1.82, 2.24) is 10.2 Å². The van der Waals surface area contributed by atoms with E-state index in [-0.39, 0.29) is 24.6 Å². The number of urea groups is 1. The monoisotopic (exact) mass is 399 g/mol. The molecule has 10 heteroatoms. The van der Waals surface area contributed by atoms with Crippen molar-refractivity contribution in [1.29, 1.82) is 0 Å². The van der Waals surface area contributed by atoms with Gasteiger partial charge in [0.1, 0.15) is 5.54 Å². The number of aliphatic hydroxyl groups is 1. The van der Waals surface area contributed by atoms with Gasteiger partial charge < -0.3 is 19.9 Å². The zero-order valence-electron chi connectivity index (χ0n) is 15.3. The molecule has 29 heavy (non-hydrogen) atoms. The number of aliphatic hydroxyl groups excluding tert-OH is 1. The maximum atomic E-state index is 13.0. The first-order chi connectivity index (χ1) is 13.8. The predicted molar refractivity (Wildman–Crippen MR) is 98.2 cm³/mol. The fourth-order valence-corrected chi connectivity index (χ4v) is 3.39. The van der Waals surface area contributed by atoms with E-state index in [1.165, 1.54) is 31.2 Å². The Bertz CT molecular complexity index is 1020. The van der Waals surface area contributed by atoms with E-state index < -0.39 is 28.5 Å². The quantitative estimate of drug-likeness (QED) is 0.445. The van der Waals surface area contributed by atoms with Crippen molar-refractivity contribution in [2.24, 2.45) is 0 Å². The molecule has 0 saturated carbocycles. The molecule has 2 unspecified atom stereocenters. The van der Waals surface area contributed by atoms with Crippen molar-refractivity contribution in [2.45, 2.75) is 18.6 Å². The van der Waals surface area contributed by atoms with Crippen molar-refractivity contribution in [2.75, 3.05) is 13.3 Å². The van der Waals surface area contributed by atoms with Gasteiger partial charge in [0.25, 0.3) is 11.6 Å². The summed E-state index contributed by atoms with van der Waals surface area (Å²) in [6.45, 7) is 1.28. The number of nitro groups is 1. The second kappa shape index (κ2) is 6.74. The van der Waals surface area contributed by atoms with Crippen LogP contribution in [0.5, 0.6) is 11.5 Å². The van der Waals surface area contributed by atoms with E-state index in [0.29, 0.717) is 17.1 Å². The zero-order chi connectivity index (χ0) is 20.8. The highest BCUT2D eigenvalue weighted by molar-refractivity contribution is 6.07. The number of carbonyl (C=O) groups excluding carboxylic acids is 2. The Hall–Kier alpha value is -3.66. The van der Waals surface area contributed by atoms with Gasteiger partial charge in [0, 0.05) is 12.1 Å². The van der Waals surface area contributed by atoms with Crippen LogP contribution in [-0.4, -0.2) is 40.2 Å². The maximum Gasteiger partial charge on any atom is 0.325 e. The minimum absolute atomic E-state index is 0.0868. The van der Waals surface area contributed by atoms with Crippen molar-refractivity contribution < 1.29 is 29.1 Å². The summed E-state index contributed by atoms with van der Waals surface area (Å²) >= 11 is 0. The topological polar surface area (TPSA) is 131 Å². The minimum Gasteiger partial charge on any atom is -0.454 e. The van der Waals surface area contributed by atoms with Gasteiger partial charge in [-0.25, -0.2) is 4.79 Å². The molecule has 0 bridgehead atoms. The third-order valence-electron chi connectivity index (χ3n) is 5.05. The van der Waals surface area contributed by atoms with Gasteiger partial charge in [-0.05, 0) is 30.2 Å². The number of amides is 3. The van der Waals surface area contributed by atoms with Gasteiger partial charge in [-0.15, -0.1) is 0 Å². The van der Waals surface area contributed by atoms with E-state index in [2.05, 4.69) is 5.32 Å². The first-order valence-electron chi connectivity index (χ1n) is 8.76. The molecule has 3 amide bonds. The molecule has 0 radical (unpaired) electrons. The van der Waals surface area contributed by atoms with Crippen LogP contribution < -0.4 is 14.8 Å². The molecule has 2 N–H and O–H groups in total. The number of nitro benzene ring substituents is 1. The van der Waals surface area contributed by atoms with E-state index in [1.54, 1.807) is 18.2 Å². The van der Waals surface area contributed by atoms with Crippen LogP contribution in [0.2, 0.25) is 0 Å². The average molecular weight is 399 g/mol. The number of benzene rings is 2. The highest BCUT2D eigenvalue weighted by Crippen LogP contribution is 2.35. The summed E-state index contributed by atoms with van der Waals surface area (Å²) in [6.07, 6.45) is -1.15. The van der Waals surface area contributed by atoms with Crippen molar-refractivity contribution in [3.63, 3.8) is 0 Å². The maximum absolute atomic E-state index is 13.0. The largest absolute Gasteiger partial charge is 0.454 e. The van der Waals surface area contributed by atoms with E-state index in [1.807, 2.05) is 0 Å². The third kappa shape index (κ3) is 3.13. The number of carbonyl (C=O) groups is 2. The Morgan fingerprint density at radius 3 is 2.76 bits per heavy atom. The number of hydrogen-bond donors (Lipinski definition) is 2. The molecule has 0 aromatic heterocycles. The molecule has 2 aliphatic rings. The van der Waals surface area contributed by atoms with Gasteiger partial charge in [0.2, 0.25) is 6.79 Å². The van der Waals surface area contributed by atoms with Crippen LogP contribution in [0.15, 0.2) is 42.5 Å². The number of nitrogens with one attached hydrogen (secondary N) is 1. The van der Waals surface area contributed by atoms with Crippen LogP contribution in [0, 0.1) is 10.1 Å². The Labute approximate surface area is 164 Å². The van der Waals surface area contributed by atoms with Crippen molar-refractivity contribution >= 4 is 17.6 Å². The lowest BCUT2D eigenvalue weighted by Gasteiger charge is -2.23. The fraction of sp³-hybridized carbons (Fsp3) is 0.263. The van der Waals surface area contributed by atoms with Crippen LogP contribution in [-0.2, 0) is 10.3 Å². The van der Waals surface area contributed by atoms with Gasteiger partial charge in [0.15, 0.2) is 11.5 Å². The lowest BCUT2D eigenvalue weighted by molar-refractivity contribution is -0.385. The van der Waals surface area contributed by atoms with Crippen molar-refractivity contribution in [3.8, 4) is 11.5 Å². The molecule has 2 aromatic rings. The van der Waals surface area contributed by atoms with Crippen LogP contribution in [0.1, 0.15) is 24.2 Å². The first-order valence-corrected chi connectivity index (χ1v) is 8.76. The number of ether oxygens (including phenoxy) is 2. The molecule has 1 fully saturated rings. The van der Waals surface area contributed by atoms with Crippen LogP contribution in [0.3, 0.4) is 0 Å². The summed E-state index contributed by atoms with van der Waals surface area (Å²) in [5.74, 6) is 0.414. The molecule has 2 heterocycles. The number of non-ortho nitro benzene ring substituents is 1. The van der Waals surface area contributed by atoms with Crippen LogP contribution >= 0.6 is 0 Å². The summed E-state index contributed by atoms with van der Waals surface area (Å²) in [6, 6.07) is 9.68. The van der Waals surface area contributed by atoms with Gasteiger partial charge in [-0.1, -0.05) is 18.2 Å². The van der Waals surface area contributed by atoms with Crippen molar-refractivity contribution in [3.05, 3.63) is 63.7 Å². The average Bonchev–Trinajstić information content (AvgIpc) is 3.26. The highest BCUT2D eigenvalue weighted by Gasteiger charge is 2.49. The number of β-amino-alcohol motifs (C(OH)–C–C–N with tert-alkyl or cyclic N) is 1. The number of hydrogen-bond acceptors (Lipinski definition) is 7. The predicted octanol–water partition coefficient (Wildman–Crippen LogP) is 1.82. The van der Waals surface area contributed by atoms with Crippen LogP contribution in [0.4, 0.5) is 10.5 Å². The second-order valence-electron chi connectivity index (χ2n) is 6.91. The van der Waals surface area contributed by atoms with Gasteiger partial charge >= 0.3 is 6.03 Å². The third-order valence-corrected chi connectivity index (χ3v) is 5.05. The number of nitrogens with zero attached hydrogens (tertiary/aromatic N) is 2. The van der Waals surface area contributed by atoms with Gasteiger partial charge in [-0.3, -0.25) is 19.8 Å². The molecule has 2 aromatic carbocycles. The Kier molecular flexibility index (Phi) is 4.35.